The second kappa shape index (κ2) is 8.49. The number of aromatic nitrogens is 1. The molecule has 0 spiro atoms. The van der Waals surface area contributed by atoms with Gasteiger partial charge in [0.05, 0.1) is 17.7 Å². The second-order valence-electron chi connectivity index (χ2n) is 5.82. The smallest absolute Gasteiger partial charge is 0.275 e. The summed E-state index contributed by atoms with van der Waals surface area (Å²) in [5.41, 5.74) is 1.38. The number of nitrogens with zero attached hydrogens (tertiary/aromatic N) is 2. The maximum atomic E-state index is 12.5. The van der Waals surface area contributed by atoms with Crippen molar-refractivity contribution in [2.45, 2.75) is 13.5 Å². The first-order chi connectivity index (χ1) is 13.5. The fourth-order valence-corrected chi connectivity index (χ4v) is 3.04. The summed E-state index contributed by atoms with van der Waals surface area (Å²) in [6, 6.07) is 11.6. The molecule has 0 unspecified atom stereocenters. The molecule has 1 amide bonds. The van der Waals surface area contributed by atoms with E-state index in [-0.39, 0.29) is 23.7 Å². The maximum Gasteiger partial charge on any atom is 0.275 e. The van der Waals surface area contributed by atoms with E-state index in [1.165, 1.54) is 36.6 Å². The van der Waals surface area contributed by atoms with Crippen molar-refractivity contribution >= 4 is 28.6 Å². The van der Waals surface area contributed by atoms with Gasteiger partial charge in [-0.15, -0.1) is 11.3 Å². The number of aryl methyl sites for hydroxylation is 1. The molecule has 0 bridgehead atoms. The molecule has 9 heteroatoms. The second-order valence-corrected chi connectivity index (χ2v) is 6.77. The quantitative estimate of drug-likeness (QED) is 0.472. The molecule has 0 saturated carbocycles. The number of ether oxygens (including phenoxy) is 2. The van der Waals surface area contributed by atoms with Crippen LogP contribution in [0.25, 0.3) is 0 Å². The highest BCUT2D eigenvalue weighted by Gasteiger charge is 2.17. The van der Waals surface area contributed by atoms with E-state index in [2.05, 4.69) is 10.3 Å². The minimum atomic E-state index is -0.543. The summed E-state index contributed by atoms with van der Waals surface area (Å²) in [6.07, 6.45) is 0. The molecule has 0 fully saturated rings. The van der Waals surface area contributed by atoms with Crippen LogP contribution in [0.2, 0.25) is 0 Å². The molecule has 0 saturated heterocycles. The topological polar surface area (TPSA) is 104 Å². The van der Waals surface area contributed by atoms with Crippen LogP contribution in [0.5, 0.6) is 11.5 Å². The number of benzene rings is 2. The fraction of sp³-hybridized carbons (Fsp3) is 0.158. The van der Waals surface area contributed by atoms with Crippen molar-refractivity contribution in [3.05, 3.63) is 74.2 Å². The van der Waals surface area contributed by atoms with Gasteiger partial charge in [0.25, 0.3) is 11.6 Å². The average molecular weight is 399 g/mol. The number of non-ortho nitro benzene ring substituents is 1. The van der Waals surface area contributed by atoms with Crippen LogP contribution < -0.4 is 14.8 Å². The molecule has 0 radical (unpaired) electrons. The predicted octanol–water partition coefficient (Wildman–Crippen LogP) is 4.20. The lowest BCUT2D eigenvalue weighted by molar-refractivity contribution is -0.384. The van der Waals surface area contributed by atoms with Gasteiger partial charge in [-0.05, 0) is 25.1 Å². The normalized spacial score (nSPS) is 10.4. The van der Waals surface area contributed by atoms with Gasteiger partial charge in [0.1, 0.15) is 28.8 Å². The van der Waals surface area contributed by atoms with Gasteiger partial charge < -0.3 is 14.8 Å². The molecule has 0 aliphatic carbocycles. The van der Waals surface area contributed by atoms with Crippen molar-refractivity contribution in [3.8, 4) is 11.5 Å². The molecule has 3 aromatic rings. The van der Waals surface area contributed by atoms with Crippen LogP contribution in [-0.4, -0.2) is 22.9 Å². The monoisotopic (exact) mass is 399 g/mol. The molecule has 1 aromatic heterocycles. The molecule has 0 aliphatic heterocycles. The standard InChI is InChI=1S/C19H17N3O5S/c1-12-3-6-14(7-4-12)27-10-18-20-16(11-28-18)19(23)21-15-9-13(22(24)25)5-8-17(15)26-2/h3-9,11H,10H2,1-2H3,(H,21,23). The average Bonchev–Trinajstić information content (AvgIpc) is 3.16. The number of methoxy groups -OCH3 is 1. The molecule has 8 nitrogen and oxygen atoms in total. The number of carbonyl (C=O) groups is 1. The van der Waals surface area contributed by atoms with Gasteiger partial charge in [-0.2, -0.15) is 0 Å². The minimum Gasteiger partial charge on any atom is -0.495 e. The Kier molecular flexibility index (Phi) is 5.85. The molecule has 1 N–H and O–H groups in total. The third kappa shape index (κ3) is 4.63. The van der Waals surface area contributed by atoms with Gasteiger partial charge >= 0.3 is 0 Å². The summed E-state index contributed by atoms with van der Waals surface area (Å²) in [4.78, 5) is 27.1. The first kappa shape index (κ1) is 19.3. The number of nitro groups is 1. The van der Waals surface area contributed by atoms with E-state index in [1.807, 2.05) is 31.2 Å². The molecule has 144 valence electrons. The van der Waals surface area contributed by atoms with E-state index in [1.54, 1.807) is 5.38 Å². The van der Waals surface area contributed by atoms with E-state index >= 15 is 0 Å². The summed E-state index contributed by atoms with van der Waals surface area (Å²) in [5, 5.41) is 15.8. The molecular formula is C19H17N3O5S. The van der Waals surface area contributed by atoms with E-state index in [4.69, 9.17) is 9.47 Å². The number of carbonyl (C=O) groups excluding carboxylic acids is 1. The highest BCUT2D eigenvalue weighted by molar-refractivity contribution is 7.09. The molecule has 3 rings (SSSR count). The SMILES string of the molecule is COc1ccc([N+](=O)[O-])cc1NC(=O)c1csc(COc2ccc(C)cc2)n1. The maximum absolute atomic E-state index is 12.5. The summed E-state index contributed by atoms with van der Waals surface area (Å²) in [6.45, 7) is 2.23. The lowest BCUT2D eigenvalue weighted by atomic mass is 10.2. The third-order valence-electron chi connectivity index (χ3n) is 3.81. The summed E-state index contributed by atoms with van der Waals surface area (Å²) in [7, 11) is 1.42. The van der Waals surface area contributed by atoms with Crippen molar-refractivity contribution in [1.29, 1.82) is 0 Å². The first-order valence-electron chi connectivity index (χ1n) is 8.24. The molecule has 0 aliphatic rings. The molecule has 28 heavy (non-hydrogen) atoms. The number of amides is 1. The van der Waals surface area contributed by atoms with Crippen molar-refractivity contribution in [2.24, 2.45) is 0 Å². The van der Waals surface area contributed by atoms with Crippen LogP contribution in [0.15, 0.2) is 47.8 Å². The number of rotatable bonds is 7. The first-order valence-corrected chi connectivity index (χ1v) is 9.12. The Morgan fingerprint density at radius 1 is 1.25 bits per heavy atom. The number of hydrogen-bond acceptors (Lipinski definition) is 7. The van der Waals surface area contributed by atoms with Crippen molar-refractivity contribution in [2.75, 3.05) is 12.4 Å². The van der Waals surface area contributed by atoms with Crippen LogP contribution in [0.4, 0.5) is 11.4 Å². The fourth-order valence-electron chi connectivity index (χ4n) is 2.35. The largest absolute Gasteiger partial charge is 0.495 e. The van der Waals surface area contributed by atoms with Crippen LogP contribution in [0.1, 0.15) is 21.1 Å². The van der Waals surface area contributed by atoms with Gasteiger partial charge in [-0.1, -0.05) is 17.7 Å². The number of anilines is 1. The zero-order valence-corrected chi connectivity index (χ0v) is 16.0. The zero-order chi connectivity index (χ0) is 20.1. The van der Waals surface area contributed by atoms with Crippen molar-refractivity contribution < 1.29 is 19.2 Å². The Balaban J connectivity index is 1.68. The van der Waals surface area contributed by atoms with Crippen LogP contribution in [0.3, 0.4) is 0 Å². The van der Waals surface area contributed by atoms with Gasteiger partial charge in [0.15, 0.2) is 0 Å². The van der Waals surface area contributed by atoms with Crippen LogP contribution in [-0.2, 0) is 6.61 Å². The van der Waals surface area contributed by atoms with Crippen molar-refractivity contribution in [1.82, 2.24) is 4.98 Å². The third-order valence-corrected chi connectivity index (χ3v) is 4.63. The lowest BCUT2D eigenvalue weighted by Crippen LogP contribution is -2.13. The zero-order valence-electron chi connectivity index (χ0n) is 15.2. The van der Waals surface area contributed by atoms with E-state index in [0.29, 0.717) is 16.5 Å². The van der Waals surface area contributed by atoms with Gasteiger partial charge in [0, 0.05) is 17.5 Å². The van der Waals surface area contributed by atoms with Crippen LogP contribution >= 0.6 is 11.3 Å². The summed E-state index contributed by atoms with van der Waals surface area (Å²) in [5.74, 6) is 0.543. The molecule has 0 atom stereocenters. The lowest BCUT2D eigenvalue weighted by Gasteiger charge is -2.09. The van der Waals surface area contributed by atoms with E-state index < -0.39 is 10.8 Å². The molecule has 2 aromatic carbocycles. The molecule has 1 heterocycles. The highest BCUT2D eigenvalue weighted by Crippen LogP contribution is 2.29. The van der Waals surface area contributed by atoms with Crippen molar-refractivity contribution in [3.63, 3.8) is 0 Å². The van der Waals surface area contributed by atoms with Gasteiger partial charge in [0.2, 0.25) is 0 Å². The Morgan fingerprint density at radius 3 is 2.68 bits per heavy atom. The number of hydrogen-bond donors (Lipinski definition) is 1. The Hall–Kier alpha value is -3.46. The number of nitro benzene ring substituents is 1. The highest BCUT2D eigenvalue weighted by atomic mass is 32.1. The van der Waals surface area contributed by atoms with E-state index in [9.17, 15) is 14.9 Å². The van der Waals surface area contributed by atoms with Gasteiger partial charge in [-0.3, -0.25) is 14.9 Å². The Labute approximate surface area is 164 Å². The Morgan fingerprint density at radius 2 is 2.00 bits per heavy atom. The summed E-state index contributed by atoms with van der Waals surface area (Å²) >= 11 is 1.29. The Bertz CT molecular complexity index is 1000. The minimum absolute atomic E-state index is 0.151. The molecular weight excluding hydrogens is 382 g/mol. The number of nitrogens with one attached hydrogen (secondary N) is 1. The van der Waals surface area contributed by atoms with E-state index in [0.717, 1.165) is 5.56 Å². The number of thiazole rings is 1. The van der Waals surface area contributed by atoms with Gasteiger partial charge in [-0.25, -0.2) is 4.98 Å². The summed E-state index contributed by atoms with van der Waals surface area (Å²) < 4.78 is 10.8. The predicted molar refractivity (Wildman–Crippen MR) is 105 cm³/mol. The van der Waals surface area contributed by atoms with Crippen LogP contribution in [0, 0.1) is 17.0 Å².